The van der Waals surface area contributed by atoms with Crippen LogP contribution >= 0.6 is 0 Å². The molecule has 3 rings (SSSR count). The second-order valence-corrected chi connectivity index (χ2v) is 4.86. The molecule has 0 radical (unpaired) electrons. The Labute approximate surface area is 133 Å². The minimum absolute atomic E-state index is 0.0448. The van der Waals surface area contributed by atoms with Gasteiger partial charge in [-0.2, -0.15) is 28.6 Å². The molecule has 24 heavy (non-hydrogen) atoms. The van der Waals surface area contributed by atoms with Crippen molar-refractivity contribution in [3.05, 3.63) is 53.9 Å². The van der Waals surface area contributed by atoms with Crippen LogP contribution in [0.2, 0.25) is 0 Å². The molecule has 0 aliphatic rings. The maximum Gasteiger partial charge on any atom is 0.418 e. The number of carbonyl (C=O) groups is 1. The molecule has 0 saturated carbocycles. The standard InChI is InChI=1S/C15H10F3N5O/c16-15(17,18)10-2-1-7-20-11(10)8-3-5-9(6-4-8)12-13(14(19)24)22-23-21-12/h1-7H,(H2,19,24)(H,21,22,23). The van der Waals surface area contributed by atoms with Crippen LogP contribution in [0.3, 0.4) is 0 Å². The lowest BCUT2D eigenvalue weighted by Gasteiger charge is -2.11. The number of benzene rings is 1. The fraction of sp³-hybridized carbons (Fsp3) is 0.0667. The Morgan fingerprint density at radius 1 is 1.00 bits per heavy atom. The molecule has 6 nitrogen and oxygen atoms in total. The van der Waals surface area contributed by atoms with E-state index in [-0.39, 0.29) is 22.6 Å². The van der Waals surface area contributed by atoms with E-state index in [1.54, 1.807) is 0 Å². The molecule has 0 fully saturated rings. The number of nitrogens with two attached hydrogens (primary N) is 1. The zero-order valence-corrected chi connectivity index (χ0v) is 12.0. The molecule has 3 aromatic rings. The summed E-state index contributed by atoms with van der Waals surface area (Å²) in [6, 6.07) is 8.18. The molecule has 9 heteroatoms. The van der Waals surface area contributed by atoms with E-state index in [0.29, 0.717) is 5.56 Å². The van der Waals surface area contributed by atoms with Crippen molar-refractivity contribution in [1.82, 2.24) is 20.4 Å². The summed E-state index contributed by atoms with van der Waals surface area (Å²) in [6.45, 7) is 0. The molecule has 122 valence electrons. The summed E-state index contributed by atoms with van der Waals surface area (Å²) < 4.78 is 39.2. The van der Waals surface area contributed by atoms with E-state index in [0.717, 1.165) is 6.07 Å². The van der Waals surface area contributed by atoms with Gasteiger partial charge in [0.05, 0.1) is 11.3 Å². The number of nitrogens with zero attached hydrogens (tertiary/aromatic N) is 3. The summed E-state index contributed by atoms with van der Waals surface area (Å²) in [6.07, 6.45) is -3.21. The summed E-state index contributed by atoms with van der Waals surface area (Å²) in [5, 5.41) is 9.77. The predicted octanol–water partition coefficient (Wildman–Crippen LogP) is 2.65. The number of alkyl halides is 3. The van der Waals surface area contributed by atoms with Gasteiger partial charge in [-0.3, -0.25) is 9.78 Å². The lowest BCUT2D eigenvalue weighted by atomic mass is 10.0. The van der Waals surface area contributed by atoms with Crippen molar-refractivity contribution in [3.63, 3.8) is 0 Å². The third-order valence-corrected chi connectivity index (χ3v) is 3.33. The van der Waals surface area contributed by atoms with Crippen molar-refractivity contribution >= 4 is 5.91 Å². The first-order valence-electron chi connectivity index (χ1n) is 6.71. The van der Waals surface area contributed by atoms with Crippen LogP contribution in [0.4, 0.5) is 13.2 Å². The Morgan fingerprint density at radius 3 is 2.21 bits per heavy atom. The number of hydrogen-bond donors (Lipinski definition) is 2. The molecule has 0 atom stereocenters. The molecule has 0 saturated heterocycles. The molecular weight excluding hydrogens is 323 g/mol. The highest BCUT2D eigenvalue weighted by Gasteiger charge is 2.34. The van der Waals surface area contributed by atoms with Gasteiger partial charge >= 0.3 is 6.18 Å². The van der Waals surface area contributed by atoms with Crippen LogP contribution in [0.1, 0.15) is 16.1 Å². The molecule has 0 aliphatic heterocycles. The topological polar surface area (TPSA) is 97.6 Å². The van der Waals surface area contributed by atoms with E-state index in [1.807, 2.05) is 0 Å². The third kappa shape index (κ3) is 2.83. The average Bonchev–Trinajstić information content (AvgIpc) is 3.04. The lowest BCUT2D eigenvalue weighted by Crippen LogP contribution is -2.12. The summed E-state index contributed by atoms with van der Waals surface area (Å²) in [7, 11) is 0. The maximum absolute atomic E-state index is 13.1. The quantitative estimate of drug-likeness (QED) is 0.770. The van der Waals surface area contributed by atoms with Crippen LogP contribution < -0.4 is 5.73 Å². The number of hydrogen-bond acceptors (Lipinski definition) is 4. The van der Waals surface area contributed by atoms with Crippen molar-refractivity contribution in [2.75, 3.05) is 0 Å². The van der Waals surface area contributed by atoms with E-state index in [1.165, 1.54) is 36.5 Å². The number of halogens is 3. The van der Waals surface area contributed by atoms with Crippen molar-refractivity contribution < 1.29 is 18.0 Å². The van der Waals surface area contributed by atoms with Crippen LogP contribution in [-0.4, -0.2) is 26.3 Å². The van der Waals surface area contributed by atoms with E-state index in [4.69, 9.17) is 5.73 Å². The molecule has 2 aromatic heterocycles. The summed E-state index contributed by atoms with van der Waals surface area (Å²) in [5.74, 6) is -0.757. The highest BCUT2D eigenvalue weighted by molar-refractivity contribution is 5.96. The number of nitrogens with one attached hydrogen (secondary N) is 1. The van der Waals surface area contributed by atoms with Gasteiger partial charge in [-0.05, 0) is 12.1 Å². The van der Waals surface area contributed by atoms with Crippen LogP contribution in [-0.2, 0) is 6.18 Å². The number of rotatable bonds is 3. The minimum Gasteiger partial charge on any atom is -0.364 e. The van der Waals surface area contributed by atoms with Crippen molar-refractivity contribution in [2.45, 2.75) is 6.18 Å². The fourth-order valence-corrected chi connectivity index (χ4v) is 2.25. The van der Waals surface area contributed by atoms with E-state index in [2.05, 4.69) is 20.4 Å². The summed E-state index contributed by atoms with van der Waals surface area (Å²) in [5.41, 5.74) is 5.15. The zero-order valence-electron chi connectivity index (χ0n) is 12.0. The number of amides is 1. The summed E-state index contributed by atoms with van der Waals surface area (Å²) >= 11 is 0. The minimum atomic E-state index is -4.51. The molecule has 2 heterocycles. The first-order chi connectivity index (χ1) is 11.4. The van der Waals surface area contributed by atoms with Gasteiger partial charge in [-0.25, -0.2) is 0 Å². The van der Waals surface area contributed by atoms with E-state index >= 15 is 0 Å². The van der Waals surface area contributed by atoms with Gasteiger partial charge in [0, 0.05) is 17.3 Å². The fourth-order valence-electron chi connectivity index (χ4n) is 2.25. The van der Waals surface area contributed by atoms with Crippen LogP contribution in [0.5, 0.6) is 0 Å². The normalized spacial score (nSPS) is 11.5. The molecule has 1 amide bonds. The zero-order chi connectivity index (χ0) is 17.3. The SMILES string of the molecule is NC(=O)c1n[nH]nc1-c1ccc(-c2ncccc2C(F)(F)F)cc1. The van der Waals surface area contributed by atoms with Gasteiger partial charge in [0.15, 0.2) is 5.69 Å². The molecule has 0 bridgehead atoms. The second-order valence-electron chi connectivity index (χ2n) is 4.86. The Morgan fingerprint density at radius 2 is 1.62 bits per heavy atom. The van der Waals surface area contributed by atoms with Gasteiger partial charge in [0.25, 0.3) is 5.91 Å². The highest BCUT2D eigenvalue weighted by Crippen LogP contribution is 2.36. The van der Waals surface area contributed by atoms with Crippen LogP contribution in [0.15, 0.2) is 42.6 Å². The number of primary amides is 1. The van der Waals surface area contributed by atoms with Crippen molar-refractivity contribution in [2.24, 2.45) is 5.73 Å². The molecule has 0 unspecified atom stereocenters. The predicted molar refractivity (Wildman–Crippen MR) is 78.6 cm³/mol. The number of pyridine rings is 1. The number of H-pyrrole nitrogens is 1. The van der Waals surface area contributed by atoms with Crippen LogP contribution in [0, 0.1) is 0 Å². The molecule has 1 aromatic carbocycles. The Balaban J connectivity index is 2.03. The largest absolute Gasteiger partial charge is 0.418 e. The van der Waals surface area contributed by atoms with Gasteiger partial charge < -0.3 is 5.73 Å². The second kappa shape index (κ2) is 5.76. The van der Waals surface area contributed by atoms with Gasteiger partial charge in [0.2, 0.25) is 0 Å². The van der Waals surface area contributed by atoms with Crippen molar-refractivity contribution in [3.8, 4) is 22.5 Å². The first-order valence-corrected chi connectivity index (χ1v) is 6.71. The number of aromatic nitrogens is 4. The highest BCUT2D eigenvalue weighted by atomic mass is 19.4. The van der Waals surface area contributed by atoms with E-state index < -0.39 is 17.6 Å². The molecular formula is C15H10F3N5O. The maximum atomic E-state index is 13.1. The Hall–Kier alpha value is -3.23. The van der Waals surface area contributed by atoms with Gasteiger partial charge in [-0.1, -0.05) is 24.3 Å². The smallest absolute Gasteiger partial charge is 0.364 e. The number of aromatic amines is 1. The van der Waals surface area contributed by atoms with Crippen LogP contribution in [0.25, 0.3) is 22.5 Å². The Kier molecular flexibility index (Phi) is 3.76. The molecule has 0 aliphatic carbocycles. The van der Waals surface area contributed by atoms with Crippen molar-refractivity contribution in [1.29, 1.82) is 0 Å². The van der Waals surface area contributed by atoms with Gasteiger partial charge in [0.1, 0.15) is 5.69 Å². The van der Waals surface area contributed by atoms with Gasteiger partial charge in [-0.15, -0.1) is 0 Å². The molecule has 0 spiro atoms. The molecule has 3 N–H and O–H groups in total. The Bertz CT molecular complexity index is 887. The summed E-state index contributed by atoms with van der Waals surface area (Å²) in [4.78, 5) is 15.1. The monoisotopic (exact) mass is 333 g/mol. The van der Waals surface area contributed by atoms with E-state index in [9.17, 15) is 18.0 Å². The first kappa shape index (κ1) is 15.7. The average molecular weight is 333 g/mol. The third-order valence-electron chi connectivity index (χ3n) is 3.33. The number of carbonyl (C=O) groups excluding carboxylic acids is 1. The lowest BCUT2D eigenvalue weighted by molar-refractivity contribution is -0.137.